The molecule has 6 nitrogen and oxygen atoms in total. The Bertz CT molecular complexity index is 420. The Morgan fingerprint density at radius 3 is 2.63 bits per heavy atom. The van der Waals surface area contributed by atoms with Crippen molar-refractivity contribution in [1.29, 1.82) is 0 Å². The van der Waals surface area contributed by atoms with Gasteiger partial charge >= 0.3 is 0 Å². The van der Waals surface area contributed by atoms with Crippen LogP contribution in [0.3, 0.4) is 0 Å². The predicted molar refractivity (Wildman–Crippen MR) is 73.9 cm³/mol. The summed E-state index contributed by atoms with van der Waals surface area (Å²) >= 11 is 0. The molecule has 1 aromatic carbocycles. The van der Waals surface area contributed by atoms with E-state index in [-0.39, 0.29) is 17.8 Å². The van der Waals surface area contributed by atoms with Crippen molar-refractivity contribution >= 4 is 11.7 Å². The maximum Gasteiger partial charge on any atom is 0.216 e. The van der Waals surface area contributed by atoms with Gasteiger partial charge in [0.2, 0.25) is 5.91 Å². The lowest BCUT2D eigenvalue weighted by Gasteiger charge is -2.18. The standard InChI is InChI=1S/C13H20N4O2/c1-10(18)15-7-8-16-12(9-13(14)17-19)11-5-3-2-4-6-11/h2-6,12,16,19H,7-9H2,1H3,(H2,14,17)(H,15,18). The molecule has 1 rings (SSSR count). The third-order valence-corrected chi connectivity index (χ3v) is 2.63. The lowest BCUT2D eigenvalue weighted by molar-refractivity contribution is -0.118. The highest BCUT2D eigenvalue weighted by Gasteiger charge is 2.12. The van der Waals surface area contributed by atoms with Crippen LogP contribution in [0.25, 0.3) is 0 Å². The van der Waals surface area contributed by atoms with Crippen molar-refractivity contribution in [2.24, 2.45) is 10.9 Å². The van der Waals surface area contributed by atoms with Gasteiger partial charge in [-0.15, -0.1) is 0 Å². The average molecular weight is 264 g/mol. The predicted octanol–water partition coefficient (Wildman–Crippen LogP) is 0.590. The number of carbonyl (C=O) groups is 1. The van der Waals surface area contributed by atoms with E-state index in [1.807, 2.05) is 30.3 Å². The topological polar surface area (TPSA) is 99.7 Å². The summed E-state index contributed by atoms with van der Waals surface area (Å²) in [5, 5.41) is 17.6. The van der Waals surface area contributed by atoms with E-state index in [9.17, 15) is 4.79 Å². The van der Waals surface area contributed by atoms with Crippen molar-refractivity contribution < 1.29 is 10.0 Å². The van der Waals surface area contributed by atoms with E-state index in [0.29, 0.717) is 19.5 Å². The first-order valence-corrected chi connectivity index (χ1v) is 6.12. The first-order valence-electron chi connectivity index (χ1n) is 6.12. The average Bonchev–Trinajstić information content (AvgIpc) is 2.42. The van der Waals surface area contributed by atoms with Gasteiger partial charge in [0.15, 0.2) is 0 Å². The molecular weight excluding hydrogens is 244 g/mol. The number of nitrogens with one attached hydrogen (secondary N) is 2. The lowest BCUT2D eigenvalue weighted by Crippen LogP contribution is -2.34. The highest BCUT2D eigenvalue weighted by Crippen LogP contribution is 2.15. The van der Waals surface area contributed by atoms with E-state index >= 15 is 0 Å². The highest BCUT2D eigenvalue weighted by atomic mass is 16.4. The van der Waals surface area contributed by atoms with Crippen LogP contribution < -0.4 is 16.4 Å². The minimum atomic E-state index is -0.0607. The van der Waals surface area contributed by atoms with Crippen LogP contribution in [-0.2, 0) is 4.79 Å². The number of rotatable bonds is 7. The molecule has 0 fully saturated rings. The van der Waals surface area contributed by atoms with Crippen molar-refractivity contribution in [3.63, 3.8) is 0 Å². The highest BCUT2D eigenvalue weighted by molar-refractivity contribution is 5.80. The molecule has 0 heterocycles. The summed E-state index contributed by atoms with van der Waals surface area (Å²) in [6.45, 7) is 2.62. The van der Waals surface area contributed by atoms with Gasteiger partial charge in [0, 0.05) is 32.5 Å². The Labute approximate surface area is 112 Å². The second-order valence-corrected chi connectivity index (χ2v) is 4.20. The molecule has 0 aliphatic rings. The van der Waals surface area contributed by atoms with Gasteiger partial charge in [0.1, 0.15) is 5.84 Å². The molecule has 0 aromatic heterocycles. The molecule has 6 heteroatoms. The zero-order valence-corrected chi connectivity index (χ0v) is 11.0. The van der Waals surface area contributed by atoms with Gasteiger partial charge < -0.3 is 21.6 Å². The lowest BCUT2D eigenvalue weighted by atomic mass is 10.0. The van der Waals surface area contributed by atoms with Crippen molar-refractivity contribution in [2.45, 2.75) is 19.4 Å². The van der Waals surface area contributed by atoms with Crippen molar-refractivity contribution in [3.8, 4) is 0 Å². The molecule has 104 valence electrons. The van der Waals surface area contributed by atoms with Gasteiger partial charge in [0.25, 0.3) is 0 Å². The van der Waals surface area contributed by atoms with Crippen molar-refractivity contribution in [2.75, 3.05) is 13.1 Å². The minimum Gasteiger partial charge on any atom is -0.409 e. The van der Waals surface area contributed by atoms with Crippen LogP contribution in [0.4, 0.5) is 0 Å². The van der Waals surface area contributed by atoms with Gasteiger partial charge in [-0.05, 0) is 5.56 Å². The van der Waals surface area contributed by atoms with Gasteiger partial charge in [-0.25, -0.2) is 0 Å². The minimum absolute atomic E-state index is 0.0501. The van der Waals surface area contributed by atoms with Gasteiger partial charge in [0.05, 0.1) is 0 Å². The molecular formula is C13H20N4O2. The molecule has 1 amide bonds. The van der Waals surface area contributed by atoms with Crippen LogP contribution in [0, 0.1) is 0 Å². The molecule has 0 aliphatic heterocycles. The zero-order chi connectivity index (χ0) is 14.1. The van der Waals surface area contributed by atoms with Gasteiger partial charge in [-0.1, -0.05) is 35.5 Å². The summed E-state index contributed by atoms with van der Waals surface area (Å²) in [4.78, 5) is 10.8. The van der Waals surface area contributed by atoms with Gasteiger partial charge in [-0.3, -0.25) is 4.79 Å². The first kappa shape index (κ1) is 15.0. The molecule has 1 atom stereocenters. The smallest absolute Gasteiger partial charge is 0.216 e. The quantitative estimate of drug-likeness (QED) is 0.190. The number of amidine groups is 1. The Balaban J connectivity index is 2.57. The Hall–Kier alpha value is -2.08. The number of hydrogen-bond donors (Lipinski definition) is 4. The Morgan fingerprint density at radius 1 is 1.37 bits per heavy atom. The van der Waals surface area contributed by atoms with E-state index in [1.54, 1.807) is 0 Å². The van der Waals surface area contributed by atoms with E-state index in [1.165, 1.54) is 6.92 Å². The second-order valence-electron chi connectivity index (χ2n) is 4.20. The molecule has 0 saturated carbocycles. The molecule has 0 radical (unpaired) electrons. The zero-order valence-electron chi connectivity index (χ0n) is 11.0. The van der Waals surface area contributed by atoms with Crippen LogP contribution in [0.15, 0.2) is 35.5 Å². The SMILES string of the molecule is CC(=O)NCCNC(CC(N)=NO)c1ccccc1. The maximum atomic E-state index is 10.8. The molecule has 0 saturated heterocycles. The third-order valence-electron chi connectivity index (χ3n) is 2.63. The number of amides is 1. The molecule has 1 unspecified atom stereocenters. The second kappa shape index (κ2) is 8.10. The third kappa shape index (κ3) is 5.87. The number of nitrogens with zero attached hydrogens (tertiary/aromatic N) is 1. The maximum absolute atomic E-state index is 10.8. The monoisotopic (exact) mass is 264 g/mol. The molecule has 0 spiro atoms. The van der Waals surface area contributed by atoms with Crippen LogP contribution in [0.1, 0.15) is 24.9 Å². The number of oxime groups is 1. The fraction of sp³-hybridized carbons (Fsp3) is 0.385. The summed E-state index contributed by atoms with van der Waals surface area (Å²) in [5.41, 5.74) is 6.61. The van der Waals surface area contributed by atoms with E-state index in [0.717, 1.165) is 5.56 Å². The van der Waals surface area contributed by atoms with E-state index < -0.39 is 0 Å². The molecule has 0 aliphatic carbocycles. The Kier molecular flexibility index (Phi) is 6.38. The van der Waals surface area contributed by atoms with E-state index in [2.05, 4.69) is 15.8 Å². The van der Waals surface area contributed by atoms with Crippen LogP contribution in [0.2, 0.25) is 0 Å². The fourth-order valence-corrected chi connectivity index (χ4v) is 1.73. The normalized spacial score (nSPS) is 13.0. The van der Waals surface area contributed by atoms with Crippen LogP contribution >= 0.6 is 0 Å². The summed E-state index contributed by atoms with van der Waals surface area (Å²) in [6, 6.07) is 9.70. The molecule has 0 bridgehead atoms. The molecule has 1 aromatic rings. The van der Waals surface area contributed by atoms with Crippen LogP contribution in [-0.4, -0.2) is 30.0 Å². The summed E-state index contributed by atoms with van der Waals surface area (Å²) in [5.74, 6) is 0.107. The largest absolute Gasteiger partial charge is 0.409 e. The number of hydrogen-bond acceptors (Lipinski definition) is 4. The Morgan fingerprint density at radius 2 is 2.05 bits per heavy atom. The fourth-order valence-electron chi connectivity index (χ4n) is 1.73. The van der Waals surface area contributed by atoms with Crippen molar-refractivity contribution in [1.82, 2.24) is 10.6 Å². The number of carbonyl (C=O) groups excluding carboxylic acids is 1. The first-order chi connectivity index (χ1) is 9.13. The summed E-state index contributed by atoms with van der Waals surface area (Å²) in [6.07, 6.45) is 0.403. The van der Waals surface area contributed by atoms with Gasteiger partial charge in [-0.2, -0.15) is 0 Å². The van der Waals surface area contributed by atoms with Crippen molar-refractivity contribution in [3.05, 3.63) is 35.9 Å². The summed E-state index contributed by atoms with van der Waals surface area (Å²) in [7, 11) is 0. The van der Waals surface area contributed by atoms with E-state index in [4.69, 9.17) is 10.9 Å². The number of benzene rings is 1. The number of nitrogens with two attached hydrogens (primary N) is 1. The van der Waals surface area contributed by atoms with Crippen LogP contribution in [0.5, 0.6) is 0 Å². The molecule has 5 N–H and O–H groups in total. The molecule has 19 heavy (non-hydrogen) atoms. The summed E-state index contributed by atoms with van der Waals surface area (Å²) < 4.78 is 0.